The van der Waals surface area contributed by atoms with E-state index in [1.807, 2.05) is 91.4 Å². The number of thiophene rings is 1. The highest BCUT2D eigenvalue weighted by molar-refractivity contribution is 7.16. The number of aryl methyl sites for hydroxylation is 2. The first-order valence-corrected chi connectivity index (χ1v) is 11.6. The van der Waals surface area contributed by atoms with Crippen molar-refractivity contribution in [2.75, 3.05) is 4.90 Å². The summed E-state index contributed by atoms with van der Waals surface area (Å²) in [5.74, 6) is -0.322. The molecule has 0 radical (unpaired) electrons. The zero-order valence-electron chi connectivity index (χ0n) is 18.4. The van der Waals surface area contributed by atoms with Gasteiger partial charge in [0, 0.05) is 17.6 Å². The Balaban J connectivity index is 1.59. The van der Waals surface area contributed by atoms with Crippen molar-refractivity contribution in [3.05, 3.63) is 88.4 Å². The molecule has 6 heteroatoms. The lowest BCUT2D eigenvalue weighted by molar-refractivity contribution is -0.126. The lowest BCUT2D eigenvalue weighted by atomic mass is 9.93. The molecule has 1 aliphatic heterocycles. The van der Waals surface area contributed by atoms with Crippen molar-refractivity contribution in [3.8, 4) is 0 Å². The molecule has 1 aliphatic rings. The molecule has 3 heterocycles. The maximum absolute atomic E-state index is 13.8. The minimum Gasteiger partial charge on any atom is -0.350 e. The molecule has 5 nitrogen and oxygen atoms in total. The maximum Gasteiger partial charge on any atom is 0.275 e. The molecule has 0 saturated carbocycles. The number of rotatable bonds is 4. The topological polar surface area (TPSA) is 54.3 Å². The van der Waals surface area contributed by atoms with Crippen LogP contribution in [0.2, 0.25) is 0 Å². The van der Waals surface area contributed by atoms with Crippen LogP contribution < -0.4 is 10.2 Å². The molecule has 162 valence electrons. The highest BCUT2D eigenvalue weighted by Crippen LogP contribution is 2.37. The summed E-state index contributed by atoms with van der Waals surface area (Å²) in [6, 6.07) is 19.7. The zero-order valence-corrected chi connectivity index (χ0v) is 19.2. The highest BCUT2D eigenvalue weighted by atomic mass is 32.1. The fourth-order valence-corrected chi connectivity index (χ4v) is 5.33. The summed E-state index contributed by atoms with van der Waals surface area (Å²) in [7, 11) is 0. The van der Waals surface area contributed by atoms with Crippen LogP contribution in [0, 0.1) is 13.8 Å². The van der Waals surface area contributed by atoms with E-state index in [1.165, 1.54) is 0 Å². The number of carbonyl (C=O) groups is 2. The molecule has 0 unspecified atom stereocenters. The van der Waals surface area contributed by atoms with Gasteiger partial charge in [0.15, 0.2) is 0 Å². The molecule has 2 aromatic heterocycles. The van der Waals surface area contributed by atoms with Gasteiger partial charge >= 0.3 is 0 Å². The van der Waals surface area contributed by atoms with E-state index in [0.29, 0.717) is 18.8 Å². The predicted molar refractivity (Wildman–Crippen MR) is 129 cm³/mol. The van der Waals surface area contributed by atoms with Gasteiger partial charge in [-0.05, 0) is 67.1 Å². The molecule has 2 aromatic carbocycles. The van der Waals surface area contributed by atoms with Gasteiger partial charge in [0.25, 0.3) is 5.91 Å². The number of nitrogens with zero attached hydrogens (tertiary/aromatic N) is 2. The van der Waals surface area contributed by atoms with Gasteiger partial charge in [0.2, 0.25) is 5.91 Å². The zero-order chi connectivity index (χ0) is 22.5. The van der Waals surface area contributed by atoms with E-state index in [9.17, 15) is 9.59 Å². The Kier molecular flexibility index (Phi) is 4.90. The number of nitrogens with one attached hydrogen (secondary N) is 1. The van der Waals surface area contributed by atoms with Gasteiger partial charge in [-0.1, -0.05) is 36.4 Å². The van der Waals surface area contributed by atoms with Crippen molar-refractivity contribution in [2.45, 2.75) is 39.4 Å². The fourth-order valence-electron chi connectivity index (χ4n) is 4.44. The van der Waals surface area contributed by atoms with Crippen LogP contribution >= 0.6 is 11.3 Å². The van der Waals surface area contributed by atoms with E-state index in [2.05, 4.69) is 5.32 Å². The van der Waals surface area contributed by atoms with Crippen molar-refractivity contribution < 1.29 is 9.59 Å². The monoisotopic (exact) mass is 443 g/mol. The summed E-state index contributed by atoms with van der Waals surface area (Å²) in [4.78, 5) is 30.2. The lowest BCUT2D eigenvalue weighted by Gasteiger charge is -2.44. The van der Waals surface area contributed by atoms with Crippen LogP contribution in [-0.4, -0.2) is 21.9 Å². The Bertz CT molecular complexity index is 1340. The van der Waals surface area contributed by atoms with E-state index < -0.39 is 5.54 Å². The number of hydrogen-bond acceptors (Lipinski definition) is 3. The van der Waals surface area contributed by atoms with Crippen LogP contribution in [0.1, 0.15) is 34.1 Å². The molecule has 0 bridgehead atoms. The van der Waals surface area contributed by atoms with Gasteiger partial charge in [0.1, 0.15) is 16.1 Å². The largest absolute Gasteiger partial charge is 0.350 e. The summed E-state index contributed by atoms with van der Waals surface area (Å²) in [5, 5.41) is 6.13. The molecule has 4 aromatic rings. The van der Waals surface area contributed by atoms with Crippen molar-refractivity contribution in [1.82, 2.24) is 9.88 Å². The number of fused-ring (bicyclic) bond motifs is 3. The number of hydrogen-bond donors (Lipinski definition) is 1. The van der Waals surface area contributed by atoms with Gasteiger partial charge in [-0.15, -0.1) is 11.3 Å². The summed E-state index contributed by atoms with van der Waals surface area (Å²) in [6.45, 7) is 6.74. The first kappa shape index (κ1) is 20.5. The van der Waals surface area contributed by atoms with Gasteiger partial charge in [0.05, 0.1) is 6.54 Å². The van der Waals surface area contributed by atoms with Gasteiger partial charge in [-0.3, -0.25) is 14.5 Å². The first-order chi connectivity index (χ1) is 15.4. The van der Waals surface area contributed by atoms with Gasteiger partial charge < -0.3 is 9.88 Å². The number of amides is 2. The predicted octanol–water partition coefficient (Wildman–Crippen LogP) is 5.06. The Morgan fingerprint density at radius 1 is 1.06 bits per heavy atom. The fraction of sp³-hybridized carbons (Fsp3) is 0.231. The standard InChI is InChI=1S/C26H25N3O2S/c1-17-9-10-21(13-18(17)2)29-23(30)22-14-20-11-12-32-24(20)28(22)16-26(29,3)25(31)27-15-19-7-5-4-6-8-19/h4-14H,15-16H2,1-3H3,(H,27,31)/t26-/m1/s1. The van der Waals surface area contributed by atoms with E-state index in [4.69, 9.17) is 0 Å². The molecule has 0 saturated heterocycles. The maximum atomic E-state index is 13.8. The van der Waals surface area contributed by atoms with Crippen molar-refractivity contribution in [3.63, 3.8) is 0 Å². The Morgan fingerprint density at radius 3 is 2.59 bits per heavy atom. The summed E-state index contributed by atoms with van der Waals surface area (Å²) >= 11 is 1.60. The summed E-state index contributed by atoms with van der Waals surface area (Å²) in [5.41, 5.74) is 3.55. The SMILES string of the molecule is Cc1ccc(N2C(=O)c3cc4ccsc4n3C[C@]2(C)C(=O)NCc2ccccc2)cc1C. The molecule has 0 aliphatic carbocycles. The Hall–Kier alpha value is -3.38. The second kappa shape index (κ2) is 7.64. The first-order valence-electron chi connectivity index (χ1n) is 10.7. The van der Waals surface area contributed by atoms with Crippen LogP contribution in [-0.2, 0) is 17.9 Å². The van der Waals surface area contributed by atoms with E-state index in [-0.39, 0.29) is 11.8 Å². The van der Waals surface area contributed by atoms with Crippen molar-refractivity contribution in [1.29, 1.82) is 0 Å². The Labute approximate surface area is 191 Å². The van der Waals surface area contributed by atoms with Crippen LogP contribution in [0.25, 0.3) is 10.2 Å². The van der Waals surface area contributed by atoms with Crippen LogP contribution in [0.5, 0.6) is 0 Å². The molecular formula is C26H25N3O2S. The summed E-state index contributed by atoms with van der Waals surface area (Å²) < 4.78 is 2.00. The van der Waals surface area contributed by atoms with Gasteiger partial charge in [-0.25, -0.2) is 0 Å². The quantitative estimate of drug-likeness (QED) is 0.480. The van der Waals surface area contributed by atoms with E-state index in [1.54, 1.807) is 16.2 Å². The second-order valence-corrected chi connectivity index (χ2v) is 9.54. The second-order valence-electron chi connectivity index (χ2n) is 8.65. The number of anilines is 1. The molecule has 1 N–H and O–H groups in total. The van der Waals surface area contributed by atoms with Crippen LogP contribution in [0.15, 0.2) is 66.0 Å². The van der Waals surface area contributed by atoms with Crippen LogP contribution in [0.4, 0.5) is 5.69 Å². The molecular weight excluding hydrogens is 418 g/mol. The smallest absolute Gasteiger partial charge is 0.275 e. The van der Waals surface area contributed by atoms with E-state index in [0.717, 1.165) is 32.6 Å². The van der Waals surface area contributed by atoms with E-state index >= 15 is 0 Å². The molecule has 0 fully saturated rings. The molecule has 32 heavy (non-hydrogen) atoms. The Morgan fingerprint density at radius 2 is 1.84 bits per heavy atom. The molecule has 5 rings (SSSR count). The number of benzene rings is 2. The minimum absolute atomic E-state index is 0.153. The normalized spacial score (nSPS) is 18.1. The molecule has 2 amide bonds. The minimum atomic E-state index is -1.07. The number of carbonyl (C=O) groups excluding carboxylic acids is 2. The average molecular weight is 444 g/mol. The average Bonchev–Trinajstić information content (AvgIpc) is 3.38. The third kappa shape index (κ3) is 3.22. The number of aromatic nitrogens is 1. The highest BCUT2D eigenvalue weighted by Gasteiger charge is 2.48. The van der Waals surface area contributed by atoms with Crippen LogP contribution in [0.3, 0.4) is 0 Å². The van der Waals surface area contributed by atoms with Gasteiger partial charge in [-0.2, -0.15) is 0 Å². The molecule has 0 spiro atoms. The third-order valence-corrected chi connectivity index (χ3v) is 7.37. The summed E-state index contributed by atoms with van der Waals surface area (Å²) in [6.07, 6.45) is 0. The van der Waals surface area contributed by atoms with Crippen molar-refractivity contribution in [2.24, 2.45) is 0 Å². The van der Waals surface area contributed by atoms with Crippen molar-refractivity contribution >= 4 is 39.1 Å². The molecule has 1 atom stereocenters. The third-order valence-electron chi connectivity index (χ3n) is 6.42. The lowest BCUT2D eigenvalue weighted by Crippen LogP contribution is -2.64.